The molecule has 0 saturated carbocycles. The van der Waals surface area contributed by atoms with Crippen LogP contribution in [0.3, 0.4) is 0 Å². The minimum Gasteiger partial charge on any atom is -0.496 e. The Balaban J connectivity index is 1.64. The summed E-state index contributed by atoms with van der Waals surface area (Å²) in [5.74, 6) is 0.632. The van der Waals surface area contributed by atoms with Gasteiger partial charge in [0, 0.05) is 18.8 Å². The van der Waals surface area contributed by atoms with Crippen molar-refractivity contribution in [1.29, 1.82) is 0 Å². The van der Waals surface area contributed by atoms with Crippen LogP contribution in [-0.2, 0) is 21.2 Å². The Hall–Kier alpha value is -2.38. The van der Waals surface area contributed by atoms with E-state index in [1.54, 1.807) is 35.7 Å². The molecular weight excluding hydrogens is 388 g/mol. The molecule has 2 aromatic carbocycles. The largest absolute Gasteiger partial charge is 0.496 e. The summed E-state index contributed by atoms with van der Waals surface area (Å²) in [6.45, 7) is 3.08. The molecule has 1 saturated heterocycles. The molecule has 0 aromatic heterocycles. The Kier molecular flexibility index (Phi) is 6.92. The molecule has 3 rings (SSSR count). The van der Waals surface area contributed by atoms with Gasteiger partial charge in [0.05, 0.1) is 18.4 Å². The minimum absolute atomic E-state index is 0.155. The third kappa shape index (κ3) is 5.36. The molecule has 0 radical (unpaired) electrons. The second-order valence-electron chi connectivity index (χ2n) is 7.37. The van der Waals surface area contributed by atoms with Crippen LogP contribution in [-0.4, -0.2) is 38.8 Å². The molecule has 0 unspecified atom stereocenters. The average Bonchev–Trinajstić information content (AvgIpc) is 2.98. The van der Waals surface area contributed by atoms with Crippen LogP contribution in [0.15, 0.2) is 47.4 Å². The number of anilines is 1. The maximum atomic E-state index is 12.8. The normalized spacial score (nSPS) is 15.5. The van der Waals surface area contributed by atoms with Crippen LogP contribution >= 0.6 is 0 Å². The summed E-state index contributed by atoms with van der Waals surface area (Å²) in [4.78, 5) is 12.6. The highest BCUT2D eigenvalue weighted by Gasteiger charge is 2.24. The number of amides is 1. The summed E-state index contributed by atoms with van der Waals surface area (Å²) in [5.41, 5.74) is 2.44. The topological polar surface area (TPSA) is 75.7 Å². The molecule has 1 N–H and O–H groups in total. The monoisotopic (exact) mass is 416 g/mol. The molecule has 2 aromatic rings. The van der Waals surface area contributed by atoms with E-state index in [1.165, 1.54) is 0 Å². The number of benzene rings is 2. The van der Waals surface area contributed by atoms with Gasteiger partial charge in [-0.25, -0.2) is 8.42 Å². The lowest BCUT2D eigenvalue weighted by Gasteiger charge is -2.20. The summed E-state index contributed by atoms with van der Waals surface area (Å²) < 4.78 is 32.5. The fraction of sp³-hybridized carbons (Fsp3) is 0.409. The van der Waals surface area contributed by atoms with Crippen molar-refractivity contribution in [2.45, 2.75) is 43.9 Å². The summed E-state index contributed by atoms with van der Waals surface area (Å²) in [5, 5.41) is 2.83. The number of carbonyl (C=O) groups is 1. The zero-order valence-corrected chi connectivity index (χ0v) is 17.8. The number of aryl methyl sites for hydroxylation is 1. The van der Waals surface area contributed by atoms with Crippen LogP contribution in [0.5, 0.6) is 5.75 Å². The van der Waals surface area contributed by atoms with Gasteiger partial charge in [0.15, 0.2) is 0 Å². The molecular formula is C22H28N2O4S. The number of hydrogen-bond acceptors (Lipinski definition) is 4. The quantitative estimate of drug-likeness (QED) is 0.778. The molecule has 1 heterocycles. The Labute approximate surface area is 172 Å². The molecule has 29 heavy (non-hydrogen) atoms. The highest BCUT2D eigenvalue weighted by atomic mass is 32.2. The third-order valence-electron chi connectivity index (χ3n) is 5.16. The number of carbonyl (C=O) groups excluding carboxylic acids is 1. The van der Waals surface area contributed by atoms with Crippen molar-refractivity contribution in [3.05, 3.63) is 53.6 Å². The second-order valence-corrected chi connectivity index (χ2v) is 9.31. The Morgan fingerprint density at radius 2 is 1.69 bits per heavy atom. The molecule has 1 amide bonds. The molecule has 0 aliphatic carbocycles. The average molecular weight is 417 g/mol. The fourth-order valence-electron chi connectivity index (χ4n) is 3.58. The van der Waals surface area contributed by atoms with E-state index >= 15 is 0 Å². The molecule has 0 bridgehead atoms. The van der Waals surface area contributed by atoms with E-state index in [1.807, 2.05) is 25.1 Å². The van der Waals surface area contributed by atoms with E-state index in [-0.39, 0.29) is 17.2 Å². The van der Waals surface area contributed by atoms with Crippen LogP contribution in [0.2, 0.25) is 0 Å². The first-order chi connectivity index (χ1) is 13.9. The Morgan fingerprint density at radius 3 is 2.28 bits per heavy atom. The predicted octanol–water partition coefficient (Wildman–Crippen LogP) is 3.75. The molecule has 0 atom stereocenters. The molecule has 6 nitrogen and oxygen atoms in total. The standard InChI is InChI=1S/C22H28N2O4S/c1-17-15-18(7-12-21(17)28-2)16-22(25)23-19-8-10-20(11-9-19)29(26,27)24-13-5-3-4-6-14-24/h7-12,15H,3-6,13-14,16H2,1-2H3,(H,23,25). The van der Waals surface area contributed by atoms with Crippen molar-refractivity contribution in [3.63, 3.8) is 0 Å². The van der Waals surface area contributed by atoms with Crippen LogP contribution < -0.4 is 10.1 Å². The second kappa shape index (κ2) is 9.41. The van der Waals surface area contributed by atoms with E-state index in [0.717, 1.165) is 42.6 Å². The first-order valence-corrected chi connectivity index (χ1v) is 11.4. The molecule has 1 fully saturated rings. The van der Waals surface area contributed by atoms with Crippen LogP contribution in [0.4, 0.5) is 5.69 Å². The van der Waals surface area contributed by atoms with E-state index in [4.69, 9.17) is 4.74 Å². The Morgan fingerprint density at radius 1 is 1.03 bits per heavy atom. The van der Waals surface area contributed by atoms with E-state index in [9.17, 15) is 13.2 Å². The van der Waals surface area contributed by atoms with E-state index < -0.39 is 10.0 Å². The molecule has 1 aliphatic rings. The lowest BCUT2D eigenvalue weighted by Crippen LogP contribution is -2.31. The van der Waals surface area contributed by atoms with Gasteiger partial charge in [0.1, 0.15) is 5.75 Å². The summed E-state index contributed by atoms with van der Waals surface area (Å²) in [7, 11) is -1.87. The number of ether oxygens (including phenoxy) is 1. The number of nitrogens with zero attached hydrogens (tertiary/aromatic N) is 1. The predicted molar refractivity (Wildman–Crippen MR) is 114 cm³/mol. The minimum atomic E-state index is -3.48. The van der Waals surface area contributed by atoms with Crippen molar-refractivity contribution in [2.24, 2.45) is 0 Å². The van der Waals surface area contributed by atoms with Gasteiger partial charge in [-0.15, -0.1) is 0 Å². The number of nitrogens with one attached hydrogen (secondary N) is 1. The first kappa shape index (κ1) is 21.3. The number of sulfonamides is 1. The van der Waals surface area contributed by atoms with Gasteiger partial charge in [0.2, 0.25) is 15.9 Å². The van der Waals surface area contributed by atoms with Crippen LogP contribution in [0, 0.1) is 6.92 Å². The van der Waals surface area contributed by atoms with Gasteiger partial charge in [-0.05, 0) is 61.2 Å². The molecule has 7 heteroatoms. The lowest BCUT2D eigenvalue weighted by molar-refractivity contribution is -0.115. The lowest BCUT2D eigenvalue weighted by atomic mass is 10.1. The first-order valence-electron chi connectivity index (χ1n) is 9.94. The zero-order chi connectivity index (χ0) is 20.9. The zero-order valence-electron chi connectivity index (χ0n) is 17.0. The smallest absolute Gasteiger partial charge is 0.243 e. The Bertz CT molecular complexity index is 947. The van der Waals surface area contributed by atoms with Crippen molar-refractivity contribution >= 4 is 21.6 Å². The van der Waals surface area contributed by atoms with Crippen molar-refractivity contribution in [1.82, 2.24) is 4.31 Å². The summed E-state index contributed by atoms with van der Waals surface area (Å²) in [6, 6.07) is 12.0. The maximum absolute atomic E-state index is 12.8. The van der Waals surface area contributed by atoms with E-state index in [0.29, 0.717) is 18.8 Å². The third-order valence-corrected chi connectivity index (χ3v) is 7.08. The van der Waals surface area contributed by atoms with Gasteiger partial charge in [-0.2, -0.15) is 4.31 Å². The van der Waals surface area contributed by atoms with Crippen molar-refractivity contribution in [2.75, 3.05) is 25.5 Å². The molecule has 0 spiro atoms. The van der Waals surface area contributed by atoms with E-state index in [2.05, 4.69) is 5.32 Å². The SMILES string of the molecule is COc1ccc(CC(=O)Nc2ccc(S(=O)(=O)N3CCCCCC3)cc2)cc1C. The van der Waals surface area contributed by atoms with Crippen molar-refractivity contribution < 1.29 is 17.9 Å². The number of rotatable bonds is 6. The maximum Gasteiger partial charge on any atom is 0.243 e. The highest BCUT2D eigenvalue weighted by molar-refractivity contribution is 7.89. The number of hydrogen-bond donors (Lipinski definition) is 1. The van der Waals surface area contributed by atoms with Crippen LogP contribution in [0.25, 0.3) is 0 Å². The molecule has 156 valence electrons. The summed E-state index contributed by atoms with van der Waals surface area (Å²) in [6.07, 6.45) is 4.19. The van der Waals surface area contributed by atoms with Gasteiger partial charge in [0.25, 0.3) is 0 Å². The fourth-order valence-corrected chi connectivity index (χ4v) is 5.10. The van der Waals surface area contributed by atoms with Crippen LogP contribution in [0.1, 0.15) is 36.8 Å². The van der Waals surface area contributed by atoms with Gasteiger partial charge < -0.3 is 10.1 Å². The summed E-state index contributed by atoms with van der Waals surface area (Å²) >= 11 is 0. The van der Waals surface area contributed by atoms with Gasteiger partial charge in [-0.3, -0.25) is 4.79 Å². The van der Waals surface area contributed by atoms with Crippen molar-refractivity contribution in [3.8, 4) is 5.75 Å². The number of methoxy groups -OCH3 is 1. The van der Waals surface area contributed by atoms with Gasteiger partial charge in [-0.1, -0.05) is 25.0 Å². The highest BCUT2D eigenvalue weighted by Crippen LogP contribution is 2.22. The van der Waals surface area contributed by atoms with Gasteiger partial charge >= 0.3 is 0 Å². The molecule has 1 aliphatic heterocycles.